The molecule has 1 unspecified atom stereocenters. The molecule has 2 fully saturated rings. The summed E-state index contributed by atoms with van der Waals surface area (Å²) in [6, 6.07) is 0.242. The number of hydrogen-bond donors (Lipinski definition) is 1. The monoisotopic (exact) mass is 301 g/mol. The first kappa shape index (κ1) is 15.6. The molecular weight excluding hydrogens is 278 g/mol. The Bertz CT molecular complexity index is 348. The minimum Gasteiger partial charge on any atom is -0.378 e. The van der Waals surface area contributed by atoms with Crippen molar-refractivity contribution in [1.82, 2.24) is 15.1 Å². The van der Waals surface area contributed by atoms with Gasteiger partial charge in [-0.1, -0.05) is 0 Å². The lowest BCUT2D eigenvalue weighted by atomic mass is 10.2. The largest absolute Gasteiger partial charge is 0.378 e. The van der Waals surface area contributed by atoms with Gasteiger partial charge in [-0.3, -0.25) is 9.59 Å². The maximum atomic E-state index is 12.1. The van der Waals surface area contributed by atoms with Gasteiger partial charge in [-0.15, -0.1) is 11.8 Å². The number of carbonyl (C=O) groups is 2. The Balaban J connectivity index is 1.66. The van der Waals surface area contributed by atoms with Gasteiger partial charge in [0.25, 0.3) is 0 Å². The van der Waals surface area contributed by atoms with E-state index in [1.165, 1.54) is 11.8 Å². The molecule has 2 aliphatic rings. The van der Waals surface area contributed by atoms with Gasteiger partial charge in [0.1, 0.15) is 0 Å². The van der Waals surface area contributed by atoms with Crippen LogP contribution in [0.4, 0.5) is 0 Å². The number of ether oxygens (including phenoxy) is 1. The predicted octanol–water partition coefficient (Wildman–Crippen LogP) is -0.601. The van der Waals surface area contributed by atoms with Crippen LogP contribution in [0.3, 0.4) is 0 Å². The Morgan fingerprint density at radius 3 is 2.60 bits per heavy atom. The number of hydrogen-bond acceptors (Lipinski definition) is 5. The van der Waals surface area contributed by atoms with E-state index in [1.54, 1.807) is 0 Å². The number of carbonyl (C=O) groups excluding carboxylic acids is 2. The van der Waals surface area contributed by atoms with Crippen molar-refractivity contribution in [3.8, 4) is 0 Å². The van der Waals surface area contributed by atoms with Gasteiger partial charge >= 0.3 is 0 Å². The van der Waals surface area contributed by atoms with Crippen LogP contribution in [-0.4, -0.2) is 85.1 Å². The average molecular weight is 301 g/mol. The second-order valence-electron chi connectivity index (χ2n) is 5.13. The highest BCUT2D eigenvalue weighted by atomic mass is 32.2. The number of nitrogens with one attached hydrogen (secondary N) is 1. The normalized spacial score (nSPS) is 23.8. The minimum absolute atomic E-state index is 0.111. The highest BCUT2D eigenvalue weighted by Gasteiger charge is 2.23. The Hall–Kier alpha value is -0.790. The van der Waals surface area contributed by atoms with Crippen molar-refractivity contribution < 1.29 is 14.3 Å². The van der Waals surface area contributed by atoms with Gasteiger partial charge in [-0.05, 0) is 6.92 Å². The van der Waals surface area contributed by atoms with E-state index in [-0.39, 0.29) is 17.9 Å². The Morgan fingerprint density at radius 2 is 1.90 bits per heavy atom. The van der Waals surface area contributed by atoms with Crippen LogP contribution in [0.15, 0.2) is 0 Å². The molecule has 0 aromatic heterocycles. The summed E-state index contributed by atoms with van der Waals surface area (Å²) >= 11 is 1.42. The van der Waals surface area contributed by atoms with Gasteiger partial charge in [-0.2, -0.15) is 0 Å². The molecule has 1 N–H and O–H groups in total. The number of thioether (sulfide) groups is 1. The van der Waals surface area contributed by atoms with Crippen LogP contribution in [-0.2, 0) is 14.3 Å². The number of rotatable bonds is 4. The van der Waals surface area contributed by atoms with E-state index in [0.29, 0.717) is 37.8 Å². The number of piperazine rings is 1. The molecule has 0 aliphatic carbocycles. The van der Waals surface area contributed by atoms with Gasteiger partial charge in [0, 0.05) is 38.8 Å². The number of amides is 2. The fraction of sp³-hybridized carbons (Fsp3) is 0.846. The van der Waals surface area contributed by atoms with Gasteiger partial charge < -0.3 is 19.9 Å². The highest BCUT2D eigenvalue weighted by molar-refractivity contribution is 8.00. The topological polar surface area (TPSA) is 61.9 Å². The summed E-state index contributed by atoms with van der Waals surface area (Å²) in [5, 5.41) is 3.26. The first-order valence-electron chi connectivity index (χ1n) is 7.12. The lowest BCUT2D eigenvalue weighted by molar-refractivity contribution is -0.132. The van der Waals surface area contributed by atoms with Crippen molar-refractivity contribution in [1.29, 1.82) is 0 Å². The molecule has 2 saturated heterocycles. The molecule has 2 amide bonds. The van der Waals surface area contributed by atoms with Crippen molar-refractivity contribution in [2.75, 3.05) is 57.4 Å². The van der Waals surface area contributed by atoms with Gasteiger partial charge in [0.2, 0.25) is 11.8 Å². The van der Waals surface area contributed by atoms with Crippen LogP contribution >= 0.6 is 11.8 Å². The molecule has 2 rings (SSSR count). The first-order chi connectivity index (χ1) is 9.68. The third-order valence-corrected chi connectivity index (χ3v) is 4.54. The summed E-state index contributed by atoms with van der Waals surface area (Å²) < 4.78 is 5.22. The molecule has 2 heterocycles. The van der Waals surface area contributed by atoms with Crippen LogP contribution in [0.5, 0.6) is 0 Å². The molecule has 0 radical (unpaired) electrons. The molecule has 1 atom stereocenters. The van der Waals surface area contributed by atoms with E-state index in [1.807, 2.05) is 16.7 Å². The van der Waals surface area contributed by atoms with Gasteiger partial charge in [0.15, 0.2) is 0 Å². The average Bonchev–Trinajstić information content (AvgIpc) is 2.48. The van der Waals surface area contributed by atoms with Gasteiger partial charge in [0.05, 0.1) is 24.7 Å². The standard InChI is InChI=1S/C13H23N3O3S/c1-11-8-14-2-3-16(11)13(18)10-20-9-12(17)15-4-6-19-7-5-15/h11,14H,2-10H2,1H3. The van der Waals surface area contributed by atoms with Crippen LogP contribution in [0.25, 0.3) is 0 Å². The highest BCUT2D eigenvalue weighted by Crippen LogP contribution is 2.09. The zero-order valence-corrected chi connectivity index (χ0v) is 12.8. The summed E-state index contributed by atoms with van der Waals surface area (Å²) in [6.07, 6.45) is 0. The summed E-state index contributed by atoms with van der Waals surface area (Å²) in [5.41, 5.74) is 0. The molecule has 2 aliphatic heterocycles. The fourth-order valence-electron chi connectivity index (χ4n) is 2.42. The van der Waals surface area contributed by atoms with Crippen LogP contribution in [0, 0.1) is 0 Å². The minimum atomic E-state index is 0.111. The molecule has 0 aromatic rings. The van der Waals surface area contributed by atoms with Crippen molar-refractivity contribution in [3.63, 3.8) is 0 Å². The van der Waals surface area contributed by atoms with Crippen LogP contribution in [0.1, 0.15) is 6.92 Å². The second-order valence-corrected chi connectivity index (χ2v) is 6.11. The SMILES string of the molecule is CC1CNCCN1C(=O)CSCC(=O)N1CCOCC1. The zero-order valence-electron chi connectivity index (χ0n) is 12.0. The first-order valence-corrected chi connectivity index (χ1v) is 8.27. The van der Waals surface area contributed by atoms with Crippen LogP contribution < -0.4 is 5.32 Å². The van der Waals surface area contributed by atoms with Crippen molar-refractivity contribution in [2.45, 2.75) is 13.0 Å². The number of nitrogens with zero attached hydrogens (tertiary/aromatic N) is 2. The Labute approximate surface area is 124 Å². The van der Waals surface area contributed by atoms with E-state index >= 15 is 0 Å². The second kappa shape index (κ2) is 7.85. The van der Waals surface area contributed by atoms with Crippen LogP contribution in [0.2, 0.25) is 0 Å². The van der Waals surface area contributed by atoms with Gasteiger partial charge in [-0.25, -0.2) is 0 Å². The fourth-order valence-corrected chi connectivity index (χ4v) is 3.22. The molecule has 0 spiro atoms. The smallest absolute Gasteiger partial charge is 0.232 e. The zero-order chi connectivity index (χ0) is 14.4. The van der Waals surface area contributed by atoms with E-state index in [0.717, 1.165) is 19.6 Å². The molecule has 0 saturated carbocycles. The molecule has 7 heteroatoms. The summed E-state index contributed by atoms with van der Waals surface area (Å²) in [5.74, 6) is 1.02. The lowest BCUT2D eigenvalue weighted by Crippen LogP contribution is -2.52. The van der Waals surface area contributed by atoms with Crippen molar-refractivity contribution in [2.24, 2.45) is 0 Å². The van der Waals surface area contributed by atoms with Crippen molar-refractivity contribution in [3.05, 3.63) is 0 Å². The summed E-state index contributed by atoms with van der Waals surface area (Å²) in [7, 11) is 0. The maximum Gasteiger partial charge on any atom is 0.232 e. The molecule has 0 aromatic carbocycles. The predicted molar refractivity (Wildman–Crippen MR) is 78.8 cm³/mol. The third-order valence-electron chi connectivity index (χ3n) is 3.64. The molecular formula is C13H23N3O3S. The van der Waals surface area contributed by atoms with E-state index in [4.69, 9.17) is 4.74 Å². The Kier molecular flexibility index (Phi) is 6.12. The molecule has 20 heavy (non-hydrogen) atoms. The summed E-state index contributed by atoms with van der Waals surface area (Å²) in [6.45, 7) is 7.09. The van der Waals surface area contributed by atoms with Crippen molar-refractivity contribution >= 4 is 23.6 Å². The third kappa shape index (κ3) is 4.36. The Morgan fingerprint density at radius 1 is 1.20 bits per heavy atom. The quantitative estimate of drug-likeness (QED) is 0.751. The lowest BCUT2D eigenvalue weighted by Gasteiger charge is -2.34. The molecule has 0 bridgehead atoms. The molecule has 6 nitrogen and oxygen atoms in total. The van der Waals surface area contributed by atoms with E-state index in [2.05, 4.69) is 5.32 Å². The molecule has 114 valence electrons. The summed E-state index contributed by atoms with van der Waals surface area (Å²) in [4.78, 5) is 27.8. The maximum absolute atomic E-state index is 12.1. The van der Waals surface area contributed by atoms with E-state index in [9.17, 15) is 9.59 Å². The van der Waals surface area contributed by atoms with E-state index < -0.39 is 0 Å². The number of morpholine rings is 1.